The van der Waals surface area contributed by atoms with E-state index in [1.165, 1.54) is 0 Å². The van der Waals surface area contributed by atoms with Gasteiger partial charge in [0.25, 0.3) is 0 Å². The number of nitrogen functional groups attached to an aromatic ring is 1. The van der Waals surface area contributed by atoms with Crippen LogP contribution in [0.15, 0.2) is 0 Å². The first-order valence-corrected chi connectivity index (χ1v) is 6.48. The van der Waals surface area contributed by atoms with E-state index in [0.29, 0.717) is 17.6 Å². The molecular weight excluding hydrogens is 228 g/mol. The van der Waals surface area contributed by atoms with Crippen LogP contribution in [0.25, 0.3) is 0 Å². The molecule has 0 fully saturated rings. The summed E-state index contributed by atoms with van der Waals surface area (Å²) in [7, 11) is 0. The van der Waals surface area contributed by atoms with Crippen molar-refractivity contribution in [2.75, 3.05) is 5.43 Å². The molecule has 5 heteroatoms. The summed E-state index contributed by atoms with van der Waals surface area (Å²) < 4.78 is 5.89. The molecule has 0 saturated heterocycles. The number of aromatic nitrogens is 2. The van der Waals surface area contributed by atoms with Gasteiger partial charge >= 0.3 is 0 Å². The van der Waals surface area contributed by atoms with Crippen LogP contribution >= 0.6 is 0 Å². The Morgan fingerprint density at radius 1 is 1.28 bits per heavy atom. The van der Waals surface area contributed by atoms with Crippen LogP contribution in [0.1, 0.15) is 45.5 Å². The summed E-state index contributed by atoms with van der Waals surface area (Å²) in [5.41, 5.74) is 3.45. The van der Waals surface area contributed by atoms with Gasteiger partial charge in [0, 0.05) is 6.42 Å². The highest BCUT2D eigenvalue weighted by atomic mass is 16.5. The number of nitrogens with one attached hydrogen (secondary N) is 1. The molecule has 1 unspecified atom stereocenters. The second-order valence-electron chi connectivity index (χ2n) is 4.97. The summed E-state index contributed by atoms with van der Waals surface area (Å²) in [6.07, 6.45) is 1.88. The molecule has 3 N–H and O–H groups in total. The molecule has 0 bridgehead atoms. The van der Waals surface area contributed by atoms with Crippen LogP contribution in [0.2, 0.25) is 0 Å². The van der Waals surface area contributed by atoms with E-state index in [1.807, 2.05) is 13.8 Å². The van der Waals surface area contributed by atoms with Gasteiger partial charge in [-0.15, -0.1) is 0 Å². The maximum absolute atomic E-state index is 5.89. The minimum Gasteiger partial charge on any atom is -0.474 e. The second-order valence-corrected chi connectivity index (χ2v) is 4.97. The Morgan fingerprint density at radius 2 is 1.94 bits per heavy atom. The second kappa shape index (κ2) is 6.54. The summed E-state index contributed by atoms with van der Waals surface area (Å²) in [6.45, 7) is 10.3. The van der Waals surface area contributed by atoms with Gasteiger partial charge in [-0.25, -0.2) is 10.8 Å². The predicted molar refractivity (Wildman–Crippen MR) is 73.5 cm³/mol. The zero-order valence-corrected chi connectivity index (χ0v) is 11.9. The number of aryl methyl sites for hydroxylation is 1. The Kier molecular flexibility index (Phi) is 5.34. The van der Waals surface area contributed by atoms with Gasteiger partial charge in [0.05, 0.1) is 11.7 Å². The molecule has 1 aromatic heterocycles. The molecule has 0 saturated carbocycles. The minimum absolute atomic E-state index is 0.133. The van der Waals surface area contributed by atoms with Crippen molar-refractivity contribution in [1.82, 2.24) is 9.97 Å². The van der Waals surface area contributed by atoms with Gasteiger partial charge in [0.15, 0.2) is 0 Å². The fraction of sp³-hybridized carbons (Fsp3) is 0.692. The molecule has 0 spiro atoms. The molecule has 0 aliphatic carbocycles. The number of hydrogen-bond donors (Lipinski definition) is 2. The number of rotatable bonds is 6. The van der Waals surface area contributed by atoms with Crippen LogP contribution < -0.4 is 16.0 Å². The average molecular weight is 252 g/mol. The first kappa shape index (κ1) is 14.7. The summed E-state index contributed by atoms with van der Waals surface area (Å²) >= 11 is 0. The van der Waals surface area contributed by atoms with Crippen molar-refractivity contribution >= 4 is 5.82 Å². The number of anilines is 1. The van der Waals surface area contributed by atoms with Crippen molar-refractivity contribution in [1.29, 1.82) is 0 Å². The van der Waals surface area contributed by atoms with Gasteiger partial charge in [-0.3, -0.25) is 0 Å². The lowest BCUT2D eigenvalue weighted by Crippen LogP contribution is -2.18. The van der Waals surface area contributed by atoms with E-state index in [4.69, 9.17) is 10.6 Å². The summed E-state index contributed by atoms with van der Waals surface area (Å²) in [5, 5.41) is 0. The first-order valence-electron chi connectivity index (χ1n) is 6.48. The first-order chi connectivity index (χ1) is 8.47. The number of hydrazine groups is 1. The normalized spacial score (nSPS) is 12.6. The Balaban J connectivity index is 2.93. The molecule has 0 aliphatic heterocycles. The third kappa shape index (κ3) is 3.84. The van der Waals surface area contributed by atoms with Crippen molar-refractivity contribution in [2.24, 2.45) is 11.8 Å². The molecule has 1 atom stereocenters. The van der Waals surface area contributed by atoms with Crippen LogP contribution in [0.3, 0.4) is 0 Å². The number of ether oxygens (including phenoxy) is 1. The van der Waals surface area contributed by atoms with Crippen molar-refractivity contribution in [3.63, 3.8) is 0 Å². The number of hydrogen-bond acceptors (Lipinski definition) is 5. The summed E-state index contributed by atoms with van der Waals surface area (Å²) in [4.78, 5) is 8.73. The third-order valence-corrected chi connectivity index (χ3v) is 2.72. The van der Waals surface area contributed by atoms with E-state index < -0.39 is 0 Å². The average Bonchev–Trinajstić information content (AvgIpc) is 2.30. The topological polar surface area (TPSA) is 73.1 Å². The van der Waals surface area contributed by atoms with Crippen molar-refractivity contribution in [2.45, 2.75) is 53.6 Å². The van der Waals surface area contributed by atoms with Gasteiger partial charge < -0.3 is 10.2 Å². The summed E-state index contributed by atoms with van der Waals surface area (Å²) in [5.74, 6) is 8.05. The Hall–Kier alpha value is -1.36. The molecule has 1 heterocycles. The molecule has 0 amide bonds. The lowest BCUT2D eigenvalue weighted by molar-refractivity contribution is 0.183. The predicted octanol–water partition coefficient (Wildman–Crippen LogP) is 2.45. The zero-order valence-electron chi connectivity index (χ0n) is 11.9. The van der Waals surface area contributed by atoms with Gasteiger partial charge in [0.2, 0.25) is 5.88 Å². The van der Waals surface area contributed by atoms with Crippen molar-refractivity contribution in [3.8, 4) is 5.88 Å². The number of nitrogens with zero attached hydrogens (tertiary/aromatic N) is 2. The SMILES string of the molecule is CCc1nc(NN)c(C)c(OC(C)CC(C)C)n1. The molecule has 1 rings (SSSR count). The smallest absolute Gasteiger partial charge is 0.222 e. The minimum atomic E-state index is 0.133. The Labute approximate surface area is 109 Å². The fourth-order valence-electron chi connectivity index (χ4n) is 1.86. The van der Waals surface area contributed by atoms with E-state index in [1.54, 1.807) is 0 Å². The lowest BCUT2D eigenvalue weighted by Gasteiger charge is -2.18. The zero-order chi connectivity index (χ0) is 13.7. The number of nitrogens with two attached hydrogens (primary N) is 1. The monoisotopic (exact) mass is 252 g/mol. The summed E-state index contributed by atoms with van der Waals surface area (Å²) in [6, 6.07) is 0. The standard InChI is InChI=1S/C13H24N4O/c1-6-11-15-12(17-14)10(5)13(16-11)18-9(4)7-8(2)3/h8-9H,6-7,14H2,1-5H3,(H,15,16,17). The third-order valence-electron chi connectivity index (χ3n) is 2.72. The molecule has 0 radical (unpaired) electrons. The van der Waals surface area contributed by atoms with Crippen molar-refractivity contribution < 1.29 is 4.74 Å². The van der Waals surface area contributed by atoms with E-state index >= 15 is 0 Å². The molecule has 102 valence electrons. The highest BCUT2D eigenvalue weighted by molar-refractivity contribution is 5.47. The van der Waals surface area contributed by atoms with E-state index in [0.717, 1.165) is 24.2 Å². The molecule has 0 aliphatic rings. The van der Waals surface area contributed by atoms with E-state index in [9.17, 15) is 0 Å². The van der Waals surface area contributed by atoms with Gasteiger partial charge in [-0.2, -0.15) is 4.98 Å². The highest BCUT2D eigenvalue weighted by Crippen LogP contribution is 2.23. The molecule has 5 nitrogen and oxygen atoms in total. The Morgan fingerprint density at radius 3 is 2.44 bits per heavy atom. The Bertz CT molecular complexity index is 393. The molecule has 1 aromatic rings. The molecule has 18 heavy (non-hydrogen) atoms. The van der Waals surface area contributed by atoms with Crippen LogP contribution in [0, 0.1) is 12.8 Å². The van der Waals surface area contributed by atoms with Gasteiger partial charge in [0.1, 0.15) is 11.6 Å². The van der Waals surface area contributed by atoms with Crippen LogP contribution in [-0.4, -0.2) is 16.1 Å². The van der Waals surface area contributed by atoms with E-state index in [-0.39, 0.29) is 6.10 Å². The van der Waals surface area contributed by atoms with Crippen LogP contribution in [0.5, 0.6) is 5.88 Å². The molecular formula is C13H24N4O. The van der Waals surface area contributed by atoms with Crippen molar-refractivity contribution in [3.05, 3.63) is 11.4 Å². The van der Waals surface area contributed by atoms with Gasteiger partial charge in [-0.05, 0) is 26.2 Å². The fourth-order valence-corrected chi connectivity index (χ4v) is 1.86. The quantitative estimate of drug-likeness (QED) is 0.601. The maximum atomic E-state index is 5.89. The van der Waals surface area contributed by atoms with E-state index in [2.05, 4.69) is 36.2 Å². The largest absolute Gasteiger partial charge is 0.474 e. The van der Waals surface area contributed by atoms with Crippen LogP contribution in [-0.2, 0) is 6.42 Å². The molecule has 0 aromatic carbocycles. The highest BCUT2D eigenvalue weighted by Gasteiger charge is 2.14. The lowest BCUT2D eigenvalue weighted by atomic mass is 10.1. The van der Waals surface area contributed by atoms with Gasteiger partial charge in [-0.1, -0.05) is 20.8 Å². The maximum Gasteiger partial charge on any atom is 0.222 e. The van der Waals surface area contributed by atoms with Crippen LogP contribution in [0.4, 0.5) is 5.82 Å².